The van der Waals surface area contributed by atoms with Crippen LogP contribution < -0.4 is 10.6 Å². The third-order valence-corrected chi connectivity index (χ3v) is 2.65. The summed E-state index contributed by atoms with van der Waals surface area (Å²) in [6.45, 7) is 3.11. The highest BCUT2D eigenvalue weighted by Gasteiger charge is 2.19. The number of amides is 1. The molecule has 1 aromatic carbocycles. The highest BCUT2D eigenvalue weighted by atomic mass is 19.1. The van der Waals surface area contributed by atoms with Gasteiger partial charge in [0.2, 0.25) is 5.91 Å². The molecule has 0 aromatic heterocycles. The first kappa shape index (κ1) is 15.1. The SMILES string of the molecule is CC(=O)NC(CN[C@H](C)c1cccc(F)c1)C(=O)O. The van der Waals surface area contributed by atoms with E-state index in [1.54, 1.807) is 19.1 Å². The Morgan fingerprint density at radius 2 is 2.11 bits per heavy atom. The van der Waals surface area contributed by atoms with Gasteiger partial charge in [0.25, 0.3) is 0 Å². The van der Waals surface area contributed by atoms with Crippen LogP contribution in [0.1, 0.15) is 25.5 Å². The Hall–Kier alpha value is -1.95. The van der Waals surface area contributed by atoms with Crippen LogP contribution in [0.15, 0.2) is 24.3 Å². The molecule has 1 aromatic rings. The van der Waals surface area contributed by atoms with Gasteiger partial charge in [-0.15, -0.1) is 0 Å². The quantitative estimate of drug-likeness (QED) is 0.721. The van der Waals surface area contributed by atoms with Crippen LogP contribution in [0.25, 0.3) is 0 Å². The zero-order valence-electron chi connectivity index (χ0n) is 10.8. The number of carbonyl (C=O) groups is 2. The van der Waals surface area contributed by atoms with Gasteiger partial charge >= 0.3 is 5.97 Å². The third-order valence-electron chi connectivity index (χ3n) is 2.65. The van der Waals surface area contributed by atoms with Crippen LogP contribution in [0.3, 0.4) is 0 Å². The molecular formula is C13H17FN2O3. The summed E-state index contributed by atoms with van der Waals surface area (Å²) in [5, 5.41) is 14.2. The summed E-state index contributed by atoms with van der Waals surface area (Å²) in [5.74, 6) is -1.87. The number of nitrogens with one attached hydrogen (secondary N) is 2. The molecule has 0 fully saturated rings. The van der Waals surface area contributed by atoms with Gasteiger partial charge in [-0.2, -0.15) is 0 Å². The first-order valence-corrected chi connectivity index (χ1v) is 5.89. The second-order valence-electron chi connectivity index (χ2n) is 4.28. The van der Waals surface area contributed by atoms with Crippen LogP contribution in [0.2, 0.25) is 0 Å². The minimum Gasteiger partial charge on any atom is -0.480 e. The van der Waals surface area contributed by atoms with Gasteiger partial charge < -0.3 is 15.7 Å². The van der Waals surface area contributed by atoms with E-state index in [1.165, 1.54) is 19.1 Å². The normalized spacial score (nSPS) is 13.6. The van der Waals surface area contributed by atoms with Gasteiger partial charge in [0, 0.05) is 19.5 Å². The van der Waals surface area contributed by atoms with Crippen molar-refractivity contribution in [2.24, 2.45) is 0 Å². The van der Waals surface area contributed by atoms with Crippen molar-refractivity contribution in [1.29, 1.82) is 0 Å². The van der Waals surface area contributed by atoms with E-state index in [4.69, 9.17) is 5.11 Å². The van der Waals surface area contributed by atoms with Crippen molar-refractivity contribution in [1.82, 2.24) is 10.6 Å². The number of carboxylic acids is 1. The number of aliphatic carboxylic acids is 1. The summed E-state index contributed by atoms with van der Waals surface area (Å²) in [5.41, 5.74) is 0.715. The summed E-state index contributed by atoms with van der Waals surface area (Å²) in [6.07, 6.45) is 0. The average Bonchev–Trinajstić information content (AvgIpc) is 2.33. The third kappa shape index (κ3) is 5.05. The summed E-state index contributed by atoms with van der Waals surface area (Å²) >= 11 is 0. The van der Waals surface area contributed by atoms with Crippen LogP contribution >= 0.6 is 0 Å². The Morgan fingerprint density at radius 1 is 1.42 bits per heavy atom. The van der Waals surface area contributed by atoms with E-state index in [1.807, 2.05) is 0 Å². The van der Waals surface area contributed by atoms with Crippen LogP contribution in [0.4, 0.5) is 4.39 Å². The van der Waals surface area contributed by atoms with Crippen LogP contribution in [0, 0.1) is 5.82 Å². The molecule has 0 saturated carbocycles. The van der Waals surface area contributed by atoms with E-state index in [0.717, 1.165) is 0 Å². The second kappa shape index (κ2) is 6.84. The fourth-order valence-corrected chi connectivity index (χ4v) is 1.63. The second-order valence-corrected chi connectivity index (χ2v) is 4.28. The monoisotopic (exact) mass is 268 g/mol. The Balaban J connectivity index is 2.59. The van der Waals surface area contributed by atoms with E-state index >= 15 is 0 Å². The van der Waals surface area contributed by atoms with Crippen LogP contribution in [0.5, 0.6) is 0 Å². The molecule has 0 bridgehead atoms. The molecule has 5 nitrogen and oxygen atoms in total. The largest absolute Gasteiger partial charge is 0.480 e. The van der Waals surface area contributed by atoms with Gasteiger partial charge in [0.1, 0.15) is 11.9 Å². The molecule has 1 rings (SSSR count). The van der Waals surface area contributed by atoms with E-state index in [9.17, 15) is 14.0 Å². The number of benzene rings is 1. The first-order chi connectivity index (χ1) is 8.90. The summed E-state index contributed by atoms with van der Waals surface area (Å²) in [4.78, 5) is 21.8. The molecule has 1 unspecified atom stereocenters. The maximum Gasteiger partial charge on any atom is 0.327 e. The molecule has 6 heteroatoms. The van der Waals surface area contributed by atoms with Gasteiger partial charge in [0.05, 0.1) is 0 Å². The standard InChI is InChI=1S/C13H17FN2O3/c1-8(10-4-3-5-11(14)6-10)15-7-12(13(18)19)16-9(2)17/h3-6,8,12,15H,7H2,1-2H3,(H,16,17)(H,18,19)/t8-,12?/m1/s1. The zero-order valence-corrected chi connectivity index (χ0v) is 10.8. The van der Waals surface area contributed by atoms with Gasteiger partial charge in [-0.05, 0) is 24.6 Å². The molecule has 0 saturated heterocycles. The number of rotatable bonds is 6. The Kier molecular flexibility index (Phi) is 5.44. The minimum absolute atomic E-state index is 0.0621. The van der Waals surface area contributed by atoms with Crippen molar-refractivity contribution in [2.75, 3.05) is 6.54 Å². The van der Waals surface area contributed by atoms with E-state index in [2.05, 4.69) is 10.6 Å². The topological polar surface area (TPSA) is 78.4 Å². The summed E-state index contributed by atoms with van der Waals surface area (Å²) in [7, 11) is 0. The van der Waals surface area contributed by atoms with Crippen molar-refractivity contribution < 1.29 is 19.1 Å². The highest BCUT2D eigenvalue weighted by Crippen LogP contribution is 2.13. The zero-order chi connectivity index (χ0) is 14.4. The maximum atomic E-state index is 13.0. The first-order valence-electron chi connectivity index (χ1n) is 5.89. The Bertz CT molecular complexity index is 465. The number of carbonyl (C=O) groups excluding carboxylic acids is 1. The lowest BCUT2D eigenvalue weighted by atomic mass is 10.1. The molecule has 2 atom stereocenters. The molecule has 0 radical (unpaired) electrons. The van der Waals surface area contributed by atoms with E-state index < -0.39 is 17.9 Å². The van der Waals surface area contributed by atoms with Gasteiger partial charge in [-0.1, -0.05) is 12.1 Å². The molecule has 3 N–H and O–H groups in total. The van der Waals surface area contributed by atoms with E-state index in [-0.39, 0.29) is 18.4 Å². The number of hydrogen-bond acceptors (Lipinski definition) is 3. The fourth-order valence-electron chi connectivity index (χ4n) is 1.63. The lowest BCUT2D eigenvalue weighted by molar-refractivity contribution is -0.141. The molecule has 0 aliphatic heterocycles. The molecule has 0 aliphatic rings. The number of halogens is 1. The van der Waals surface area contributed by atoms with Crippen molar-refractivity contribution in [3.8, 4) is 0 Å². The predicted molar refractivity (Wildman–Crippen MR) is 68.1 cm³/mol. The van der Waals surface area contributed by atoms with Crippen molar-refractivity contribution >= 4 is 11.9 Å². The molecule has 0 aliphatic carbocycles. The number of carboxylic acid groups (broad SMARTS) is 1. The molecule has 0 heterocycles. The fraction of sp³-hybridized carbons (Fsp3) is 0.385. The lowest BCUT2D eigenvalue weighted by Gasteiger charge is -2.18. The van der Waals surface area contributed by atoms with Crippen molar-refractivity contribution in [3.63, 3.8) is 0 Å². The van der Waals surface area contributed by atoms with Crippen LogP contribution in [-0.2, 0) is 9.59 Å². The van der Waals surface area contributed by atoms with E-state index in [0.29, 0.717) is 5.56 Å². The molecule has 0 spiro atoms. The highest BCUT2D eigenvalue weighted by molar-refractivity contribution is 5.82. The van der Waals surface area contributed by atoms with Gasteiger partial charge in [-0.25, -0.2) is 9.18 Å². The number of hydrogen-bond donors (Lipinski definition) is 3. The Labute approximate surface area is 110 Å². The van der Waals surface area contributed by atoms with Crippen LogP contribution in [-0.4, -0.2) is 29.6 Å². The maximum absolute atomic E-state index is 13.0. The molecule has 104 valence electrons. The summed E-state index contributed by atoms with van der Waals surface area (Å²) in [6, 6.07) is 4.83. The minimum atomic E-state index is -1.12. The molecule has 1 amide bonds. The summed E-state index contributed by atoms with van der Waals surface area (Å²) < 4.78 is 13.0. The van der Waals surface area contributed by atoms with Gasteiger partial charge in [0.15, 0.2) is 0 Å². The predicted octanol–water partition coefficient (Wildman–Crippen LogP) is 1.07. The Morgan fingerprint density at radius 3 is 2.63 bits per heavy atom. The average molecular weight is 268 g/mol. The molecule has 19 heavy (non-hydrogen) atoms. The smallest absolute Gasteiger partial charge is 0.327 e. The van der Waals surface area contributed by atoms with Crippen molar-refractivity contribution in [2.45, 2.75) is 25.9 Å². The van der Waals surface area contributed by atoms with Crippen molar-refractivity contribution in [3.05, 3.63) is 35.6 Å². The molecular weight excluding hydrogens is 251 g/mol. The van der Waals surface area contributed by atoms with Gasteiger partial charge in [-0.3, -0.25) is 4.79 Å². The lowest BCUT2D eigenvalue weighted by Crippen LogP contribution is -2.46.